The van der Waals surface area contributed by atoms with Crippen molar-refractivity contribution < 1.29 is 9.90 Å². The quantitative estimate of drug-likeness (QED) is 0.883. The van der Waals surface area contributed by atoms with Crippen molar-refractivity contribution in [3.8, 4) is 0 Å². The number of aromatic nitrogens is 1. The molecular formula is C16H19N3O2. The highest BCUT2D eigenvalue weighted by atomic mass is 16.4. The fraction of sp³-hybridized carbons (Fsp3) is 0.250. The van der Waals surface area contributed by atoms with Crippen LogP contribution in [-0.2, 0) is 11.3 Å². The van der Waals surface area contributed by atoms with Crippen molar-refractivity contribution in [3.05, 3.63) is 54.2 Å². The Kier molecular flexibility index (Phi) is 4.90. The molecule has 0 aliphatic carbocycles. The second kappa shape index (κ2) is 6.85. The molecule has 2 rings (SSSR count). The van der Waals surface area contributed by atoms with E-state index < -0.39 is 5.97 Å². The van der Waals surface area contributed by atoms with E-state index in [2.05, 4.69) is 4.98 Å². The molecule has 0 saturated heterocycles. The third-order valence-corrected chi connectivity index (χ3v) is 3.15. The third-order valence-electron chi connectivity index (χ3n) is 3.15. The Morgan fingerprint density at radius 2 is 1.86 bits per heavy atom. The number of hydrogen-bond donors (Lipinski definition) is 1. The minimum atomic E-state index is -0.828. The molecule has 21 heavy (non-hydrogen) atoms. The Bertz CT molecular complexity index is 584. The predicted octanol–water partition coefficient (Wildman–Crippen LogP) is 2.37. The molecule has 0 fully saturated rings. The average Bonchev–Trinajstić information content (AvgIpc) is 2.47. The van der Waals surface area contributed by atoms with Crippen molar-refractivity contribution >= 4 is 17.5 Å². The first-order valence-electron chi connectivity index (χ1n) is 6.70. The molecule has 2 aromatic rings. The summed E-state index contributed by atoms with van der Waals surface area (Å²) in [4.78, 5) is 18.8. The van der Waals surface area contributed by atoms with Gasteiger partial charge in [0.15, 0.2) is 0 Å². The number of carbonyl (C=O) groups is 1. The largest absolute Gasteiger partial charge is 0.480 e. The lowest BCUT2D eigenvalue weighted by molar-refractivity contribution is -0.138. The molecule has 5 nitrogen and oxygen atoms in total. The highest BCUT2D eigenvalue weighted by Crippen LogP contribution is 2.21. The number of benzene rings is 1. The molecule has 110 valence electrons. The lowest BCUT2D eigenvalue weighted by Gasteiger charge is -2.19. The first-order chi connectivity index (χ1) is 10.1. The van der Waals surface area contributed by atoms with Gasteiger partial charge in [-0.05, 0) is 30.8 Å². The van der Waals surface area contributed by atoms with E-state index in [0.29, 0.717) is 6.54 Å². The molecule has 0 amide bonds. The first kappa shape index (κ1) is 15.0. The van der Waals surface area contributed by atoms with Crippen LogP contribution in [0.15, 0.2) is 48.7 Å². The minimum absolute atomic E-state index is 0.0195. The maximum Gasteiger partial charge on any atom is 0.317 e. The van der Waals surface area contributed by atoms with Gasteiger partial charge >= 0.3 is 5.97 Å². The van der Waals surface area contributed by atoms with Gasteiger partial charge in [0.2, 0.25) is 0 Å². The maximum absolute atomic E-state index is 10.6. The van der Waals surface area contributed by atoms with Crippen LogP contribution in [0, 0.1) is 0 Å². The van der Waals surface area contributed by atoms with Crippen LogP contribution >= 0.6 is 0 Å². The Hall–Kier alpha value is -2.40. The van der Waals surface area contributed by atoms with Gasteiger partial charge < -0.3 is 10.0 Å². The highest BCUT2D eigenvalue weighted by molar-refractivity contribution is 5.69. The fourth-order valence-electron chi connectivity index (χ4n) is 2.09. The molecule has 0 saturated carbocycles. The zero-order chi connectivity index (χ0) is 15.2. The molecule has 1 N–H and O–H groups in total. The third kappa shape index (κ3) is 4.29. The van der Waals surface area contributed by atoms with E-state index >= 15 is 0 Å². The smallest absolute Gasteiger partial charge is 0.317 e. The summed E-state index contributed by atoms with van der Waals surface area (Å²) < 4.78 is 0. The summed E-state index contributed by atoms with van der Waals surface area (Å²) in [7, 11) is 3.74. The van der Waals surface area contributed by atoms with E-state index in [4.69, 9.17) is 5.11 Å². The van der Waals surface area contributed by atoms with Crippen LogP contribution in [0.1, 0.15) is 5.56 Å². The van der Waals surface area contributed by atoms with Crippen LogP contribution in [-0.4, -0.2) is 41.6 Å². The van der Waals surface area contributed by atoms with E-state index in [1.807, 2.05) is 54.4 Å². The molecule has 1 heterocycles. The standard InChI is InChI=1S/C16H19N3O2/c1-18(12-16(20)21)11-13-8-9-15(17-10-13)19(2)14-6-4-3-5-7-14/h3-10H,11-12H2,1-2H3,(H,20,21). The van der Waals surface area contributed by atoms with Crippen molar-refractivity contribution in [2.24, 2.45) is 0 Å². The van der Waals surface area contributed by atoms with Gasteiger partial charge in [-0.2, -0.15) is 0 Å². The Labute approximate surface area is 124 Å². The lowest BCUT2D eigenvalue weighted by atomic mass is 10.2. The second-order valence-electron chi connectivity index (χ2n) is 4.99. The highest BCUT2D eigenvalue weighted by Gasteiger charge is 2.07. The van der Waals surface area contributed by atoms with E-state index in [9.17, 15) is 4.79 Å². The Morgan fingerprint density at radius 1 is 1.14 bits per heavy atom. The van der Waals surface area contributed by atoms with Gasteiger partial charge in [-0.1, -0.05) is 24.3 Å². The van der Waals surface area contributed by atoms with Gasteiger partial charge in [0.1, 0.15) is 5.82 Å². The number of anilines is 2. The normalized spacial score (nSPS) is 10.6. The maximum atomic E-state index is 10.6. The molecule has 5 heteroatoms. The van der Waals surface area contributed by atoms with Crippen molar-refractivity contribution in [1.29, 1.82) is 0 Å². The summed E-state index contributed by atoms with van der Waals surface area (Å²) in [6.45, 7) is 0.584. The van der Waals surface area contributed by atoms with Gasteiger partial charge in [0.05, 0.1) is 6.54 Å². The molecule has 0 atom stereocenters. The fourth-order valence-corrected chi connectivity index (χ4v) is 2.09. The summed E-state index contributed by atoms with van der Waals surface area (Å²) in [5, 5.41) is 8.74. The van der Waals surface area contributed by atoms with Crippen molar-refractivity contribution in [1.82, 2.24) is 9.88 Å². The molecule has 0 spiro atoms. The van der Waals surface area contributed by atoms with E-state index in [1.165, 1.54) is 0 Å². The average molecular weight is 285 g/mol. The molecule has 0 radical (unpaired) electrons. The molecule has 0 aliphatic heterocycles. The number of nitrogens with zero attached hydrogens (tertiary/aromatic N) is 3. The molecule has 1 aromatic heterocycles. The minimum Gasteiger partial charge on any atom is -0.480 e. The van der Waals surface area contributed by atoms with Gasteiger partial charge in [-0.25, -0.2) is 4.98 Å². The summed E-state index contributed by atoms with van der Waals surface area (Å²) in [5.41, 5.74) is 2.06. The van der Waals surface area contributed by atoms with Crippen LogP contribution in [0.5, 0.6) is 0 Å². The number of aliphatic carboxylic acids is 1. The summed E-state index contributed by atoms with van der Waals surface area (Å²) in [6, 6.07) is 13.9. The van der Waals surface area contributed by atoms with Gasteiger partial charge in [0, 0.05) is 25.5 Å². The second-order valence-corrected chi connectivity index (χ2v) is 4.99. The molecule has 0 unspecified atom stereocenters. The summed E-state index contributed by atoms with van der Waals surface area (Å²) in [6.07, 6.45) is 1.78. The topological polar surface area (TPSA) is 56.7 Å². The number of carboxylic acid groups (broad SMARTS) is 1. The van der Waals surface area contributed by atoms with E-state index in [-0.39, 0.29) is 6.54 Å². The van der Waals surface area contributed by atoms with Crippen LogP contribution in [0.2, 0.25) is 0 Å². The molecule has 0 bridgehead atoms. The first-order valence-corrected chi connectivity index (χ1v) is 6.70. The molecule has 1 aromatic carbocycles. The van der Waals surface area contributed by atoms with Crippen molar-refractivity contribution in [3.63, 3.8) is 0 Å². The lowest BCUT2D eigenvalue weighted by Crippen LogP contribution is -2.25. The van der Waals surface area contributed by atoms with Gasteiger partial charge in [-0.3, -0.25) is 9.69 Å². The summed E-state index contributed by atoms with van der Waals surface area (Å²) in [5.74, 6) is 0.0247. The number of carboxylic acids is 1. The molecular weight excluding hydrogens is 266 g/mol. The molecule has 0 aliphatic rings. The monoisotopic (exact) mass is 285 g/mol. The SMILES string of the molecule is CN(CC(=O)O)Cc1ccc(N(C)c2ccccc2)nc1. The number of hydrogen-bond acceptors (Lipinski definition) is 4. The van der Waals surface area contributed by atoms with Crippen LogP contribution < -0.4 is 4.90 Å². The van der Waals surface area contributed by atoms with Crippen LogP contribution in [0.25, 0.3) is 0 Å². The van der Waals surface area contributed by atoms with Crippen molar-refractivity contribution in [2.75, 3.05) is 25.5 Å². The number of likely N-dealkylation sites (N-methyl/N-ethyl adjacent to an activating group) is 1. The zero-order valence-corrected chi connectivity index (χ0v) is 12.2. The van der Waals surface area contributed by atoms with Crippen LogP contribution in [0.4, 0.5) is 11.5 Å². The Morgan fingerprint density at radius 3 is 2.43 bits per heavy atom. The number of para-hydroxylation sites is 1. The number of pyridine rings is 1. The van der Waals surface area contributed by atoms with Gasteiger partial charge in [0.25, 0.3) is 0 Å². The zero-order valence-electron chi connectivity index (χ0n) is 12.2. The van der Waals surface area contributed by atoms with Gasteiger partial charge in [-0.15, -0.1) is 0 Å². The van der Waals surface area contributed by atoms with Crippen LogP contribution in [0.3, 0.4) is 0 Å². The number of rotatable bonds is 6. The summed E-state index contributed by atoms with van der Waals surface area (Å²) >= 11 is 0. The predicted molar refractivity (Wildman–Crippen MR) is 82.7 cm³/mol. The van der Waals surface area contributed by atoms with Crippen molar-refractivity contribution in [2.45, 2.75) is 6.54 Å². The van der Waals surface area contributed by atoms with E-state index in [0.717, 1.165) is 17.1 Å². The Balaban J connectivity index is 2.03. The van der Waals surface area contributed by atoms with E-state index in [1.54, 1.807) is 18.1 Å².